The second-order valence-electron chi connectivity index (χ2n) is 11.9. The molecule has 0 saturated heterocycles. The number of benzene rings is 3. The van der Waals surface area contributed by atoms with E-state index in [1.165, 1.54) is 16.7 Å². The highest BCUT2D eigenvalue weighted by Gasteiger charge is 2.23. The number of rotatable bonds is 15. The predicted molar refractivity (Wildman–Crippen MR) is 167 cm³/mol. The van der Waals surface area contributed by atoms with Gasteiger partial charge in [-0.3, -0.25) is 0 Å². The minimum absolute atomic E-state index is 0.126. The van der Waals surface area contributed by atoms with E-state index >= 15 is 0 Å². The van der Waals surface area contributed by atoms with E-state index in [4.69, 9.17) is 18.9 Å². The average molecular weight is 577 g/mol. The van der Waals surface area contributed by atoms with Crippen LogP contribution in [0.4, 0.5) is 0 Å². The van der Waals surface area contributed by atoms with Gasteiger partial charge >= 0.3 is 5.97 Å². The number of aromatic hydroxyl groups is 1. The van der Waals surface area contributed by atoms with Gasteiger partial charge in [-0.2, -0.15) is 0 Å². The molecule has 3 aromatic rings. The molecule has 4 unspecified atom stereocenters. The van der Waals surface area contributed by atoms with Crippen LogP contribution in [0.15, 0.2) is 72.8 Å². The lowest BCUT2D eigenvalue weighted by Gasteiger charge is -2.27. The molecule has 0 fully saturated rings. The van der Waals surface area contributed by atoms with E-state index < -0.39 is 5.60 Å². The molecule has 6 heteroatoms. The largest absolute Gasteiger partial charge is 0.508 e. The van der Waals surface area contributed by atoms with Crippen LogP contribution < -0.4 is 9.47 Å². The number of hydrogen-bond donors (Lipinski definition) is 1. The molecule has 4 atom stereocenters. The van der Waals surface area contributed by atoms with Gasteiger partial charge in [0.2, 0.25) is 0 Å². The van der Waals surface area contributed by atoms with Gasteiger partial charge in [-0.05, 0) is 125 Å². The summed E-state index contributed by atoms with van der Waals surface area (Å²) in [6.07, 6.45) is 2.65. The van der Waals surface area contributed by atoms with Crippen molar-refractivity contribution in [3.8, 4) is 17.2 Å². The van der Waals surface area contributed by atoms with Crippen LogP contribution in [0.2, 0.25) is 0 Å². The number of ether oxygens (including phenoxy) is 4. The second kappa shape index (κ2) is 15.6. The summed E-state index contributed by atoms with van der Waals surface area (Å²) in [4.78, 5) is 12.1. The van der Waals surface area contributed by atoms with Gasteiger partial charge in [0.15, 0.2) is 12.9 Å². The predicted octanol–water partition coefficient (Wildman–Crippen LogP) is 8.74. The van der Waals surface area contributed by atoms with Crippen LogP contribution in [0.5, 0.6) is 17.2 Å². The summed E-state index contributed by atoms with van der Waals surface area (Å²) in [5.74, 6) is 2.27. The van der Waals surface area contributed by atoms with Gasteiger partial charge in [-0.25, -0.2) is 4.79 Å². The molecule has 0 aliphatic heterocycles. The highest BCUT2D eigenvalue weighted by Crippen LogP contribution is 2.39. The van der Waals surface area contributed by atoms with Gasteiger partial charge in [0.1, 0.15) is 22.8 Å². The number of carbonyl (C=O) groups excluding carboxylic acids is 1. The second-order valence-corrected chi connectivity index (χ2v) is 11.9. The minimum atomic E-state index is -0.545. The molecule has 0 aromatic heterocycles. The van der Waals surface area contributed by atoms with Crippen LogP contribution in [0.3, 0.4) is 0 Å². The third-order valence-electron chi connectivity index (χ3n) is 7.35. The Balaban J connectivity index is 1.77. The first kappa shape index (κ1) is 33.0. The minimum Gasteiger partial charge on any atom is -0.508 e. The number of esters is 1. The Bertz CT molecular complexity index is 1210. The van der Waals surface area contributed by atoms with Crippen LogP contribution in [-0.4, -0.2) is 36.2 Å². The quantitative estimate of drug-likeness (QED) is 0.144. The zero-order valence-corrected chi connectivity index (χ0v) is 26.3. The fourth-order valence-corrected chi connectivity index (χ4v) is 5.24. The highest BCUT2D eigenvalue weighted by atomic mass is 16.7. The summed E-state index contributed by atoms with van der Waals surface area (Å²) in [5.41, 5.74) is 3.17. The lowest BCUT2D eigenvalue weighted by Crippen LogP contribution is -2.27. The first-order valence-corrected chi connectivity index (χ1v) is 15.1. The van der Waals surface area contributed by atoms with Crippen molar-refractivity contribution in [2.24, 2.45) is 0 Å². The number of hydrogen-bond acceptors (Lipinski definition) is 6. The van der Waals surface area contributed by atoms with E-state index in [9.17, 15) is 9.90 Å². The lowest BCUT2D eigenvalue weighted by atomic mass is 9.78. The van der Waals surface area contributed by atoms with Gasteiger partial charge in [-0.1, -0.05) is 50.2 Å². The van der Waals surface area contributed by atoms with Crippen molar-refractivity contribution >= 4 is 5.97 Å². The SMILES string of the molecule is CCOC(C)Oc1ccc(C(CC)CC(CC(C)c2ccc(O)cc2)c2ccc(OCC(=O)OC(C)(C)C)cc2)cc1. The van der Waals surface area contributed by atoms with Crippen LogP contribution in [0.25, 0.3) is 0 Å². The third-order valence-corrected chi connectivity index (χ3v) is 7.35. The van der Waals surface area contributed by atoms with Crippen molar-refractivity contribution in [2.45, 2.75) is 97.4 Å². The lowest BCUT2D eigenvalue weighted by molar-refractivity contribution is -0.157. The van der Waals surface area contributed by atoms with E-state index in [1.54, 1.807) is 12.1 Å². The molecule has 0 amide bonds. The molecule has 0 heterocycles. The molecular weight excluding hydrogens is 528 g/mol. The maximum atomic E-state index is 12.1. The summed E-state index contributed by atoms with van der Waals surface area (Å²) >= 11 is 0. The van der Waals surface area contributed by atoms with E-state index in [-0.39, 0.29) is 30.5 Å². The van der Waals surface area contributed by atoms with Crippen molar-refractivity contribution < 1.29 is 28.8 Å². The van der Waals surface area contributed by atoms with Gasteiger partial charge in [0.05, 0.1) is 0 Å². The fourth-order valence-electron chi connectivity index (χ4n) is 5.24. The Morgan fingerprint density at radius 1 is 0.762 bits per heavy atom. The molecule has 228 valence electrons. The monoisotopic (exact) mass is 576 g/mol. The van der Waals surface area contributed by atoms with Crippen molar-refractivity contribution in [1.29, 1.82) is 0 Å². The average Bonchev–Trinajstić information content (AvgIpc) is 2.94. The standard InChI is InChI=1S/C36H48O6/c1-8-27(29-14-20-34(21-15-29)41-26(4)39-9-2)23-31(22-25(3)28-10-16-32(37)17-11-28)30-12-18-33(19-13-30)40-24-35(38)42-36(5,6)7/h10-21,25-27,31,37H,8-9,22-24H2,1-7H3. The molecular formula is C36H48O6. The van der Waals surface area contributed by atoms with Crippen LogP contribution >= 0.6 is 0 Å². The zero-order chi connectivity index (χ0) is 30.7. The van der Waals surface area contributed by atoms with Crippen LogP contribution in [0, 0.1) is 0 Å². The normalized spacial score (nSPS) is 14.5. The van der Waals surface area contributed by atoms with E-state index in [2.05, 4.69) is 38.1 Å². The molecule has 0 aliphatic rings. The van der Waals surface area contributed by atoms with Crippen molar-refractivity contribution in [2.75, 3.05) is 13.2 Å². The summed E-state index contributed by atoms with van der Waals surface area (Å²) in [7, 11) is 0. The summed E-state index contributed by atoms with van der Waals surface area (Å²) in [5, 5.41) is 9.77. The smallest absolute Gasteiger partial charge is 0.344 e. The number of phenolic OH excluding ortho intramolecular Hbond substituents is 1. The van der Waals surface area contributed by atoms with Crippen LogP contribution in [0.1, 0.15) is 102 Å². The molecule has 0 aliphatic carbocycles. The Labute approximate surface area is 252 Å². The molecule has 3 aromatic carbocycles. The molecule has 3 rings (SSSR count). The molecule has 1 N–H and O–H groups in total. The zero-order valence-electron chi connectivity index (χ0n) is 26.3. The van der Waals surface area contributed by atoms with Crippen LogP contribution in [-0.2, 0) is 14.3 Å². The van der Waals surface area contributed by atoms with Gasteiger partial charge in [0, 0.05) is 6.61 Å². The van der Waals surface area contributed by atoms with Crippen molar-refractivity contribution in [1.82, 2.24) is 0 Å². The number of phenols is 1. The van der Waals surface area contributed by atoms with E-state index in [0.29, 0.717) is 24.2 Å². The van der Waals surface area contributed by atoms with Gasteiger partial charge in [0.25, 0.3) is 0 Å². The third kappa shape index (κ3) is 10.7. The number of carbonyl (C=O) groups is 1. The molecule has 0 saturated carbocycles. The first-order valence-electron chi connectivity index (χ1n) is 15.1. The maximum Gasteiger partial charge on any atom is 0.344 e. The Morgan fingerprint density at radius 3 is 1.86 bits per heavy atom. The van der Waals surface area contributed by atoms with E-state index in [1.807, 2.05) is 71.0 Å². The Morgan fingerprint density at radius 2 is 1.31 bits per heavy atom. The van der Waals surface area contributed by atoms with Crippen molar-refractivity contribution in [3.05, 3.63) is 89.5 Å². The fraction of sp³-hybridized carbons (Fsp3) is 0.472. The molecule has 0 spiro atoms. The van der Waals surface area contributed by atoms with Crippen molar-refractivity contribution in [3.63, 3.8) is 0 Å². The Hall–Kier alpha value is -3.51. The Kier molecular flexibility index (Phi) is 12.3. The van der Waals surface area contributed by atoms with Gasteiger partial charge in [-0.15, -0.1) is 0 Å². The molecule has 42 heavy (non-hydrogen) atoms. The van der Waals surface area contributed by atoms with E-state index in [0.717, 1.165) is 25.0 Å². The maximum absolute atomic E-state index is 12.1. The molecule has 0 radical (unpaired) electrons. The summed E-state index contributed by atoms with van der Waals surface area (Å²) < 4.78 is 22.5. The molecule has 6 nitrogen and oxygen atoms in total. The highest BCUT2D eigenvalue weighted by molar-refractivity contribution is 5.71. The molecule has 0 bridgehead atoms. The summed E-state index contributed by atoms with van der Waals surface area (Å²) in [6.45, 7) is 14.3. The summed E-state index contributed by atoms with van der Waals surface area (Å²) in [6, 6.07) is 24.0. The van der Waals surface area contributed by atoms with Gasteiger partial charge < -0.3 is 24.1 Å². The topological polar surface area (TPSA) is 74.2 Å². The first-order chi connectivity index (χ1) is 20.0.